The largest absolute Gasteiger partial charge is 0.457 e. The van der Waals surface area contributed by atoms with Gasteiger partial charge in [0.15, 0.2) is 0 Å². The van der Waals surface area contributed by atoms with E-state index in [-0.39, 0.29) is 5.57 Å². The fourth-order valence-corrected chi connectivity index (χ4v) is 2.30. The Morgan fingerprint density at radius 2 is 1.75 bits per heavy atom. The second kappa shape index (κ2) is 9.21. The molecule has 0 atom stereocenters. The molecule has 0 saturated heterocycles. The van der Waals surface area contributed by atoms with Crippen LogP contribution in [0.15, 0.2) is 84.7 Å². The van der Waals surface area contributed by atoms with Crippen molar-refractivity contribution >= 4 is 29.0 Å². The first-order valence-corrected chi connectivity index (χ1v) is 8.64. The summed E-state index contributed by atoms with van der Waals surface area (Å²) in [6, 6.07) is 21.4. The van der Waals surface area contributed by atoms with Crippen LogP contribution in [-0.4, -0.2) is 10.9 Å². The van der Waals surface area contributed by atoms with E-state index in [1.807, 2.05) is 36.4 Å². The summed E-state index contributed by atoms with van der Waals surface area (Å²) in [5.41, 5.74) is 0.442. The van der Waals surface area contributed by atoms with Gasteiger partial charge in [-0.3, -0.25) is 4.79 Å². The number of aromatic nitrogens is 1. The summed E-state index contributed by atoms with van der Waals surface area (Å²) in [4.78, 5) is 16.3. The van der Waals surface area contributed by atoms with E-state index in [0.717, 1.165) is 5.75 Å². The maximum atomic E-state index is 12.3. The summed E-state index contributed by atoms with van der Waals surface area (Å²) >= 11 is 5.77. The highest BCUT2D eigenvalue weighted by atomic mass is 35.5. The molecule has 0 aliphatic rings. The number of amides is 1. The van der Waals surface area contributed by atoms with E-state index < -0.39 is 5.91 Å². The third kappa shape index (κ3) is 5.34. The zero-order valence-corrected chi connectivity index (χ0v) is 15.4. The summed E-state index contributed by atoms with van der Waals surface area (Å²) in [7, 11) is 0. The standard InChI is InChI=1S/C21H15ClN4O2/c22-16-6-11-20(25-14-16)24-13-15(12-23)21(27)26-17-7-9-19(10-8-17)28-18-4-2-1-3-5-18/h1-11,13-14H,(H,24,25)(H,26,27)/b15-13-. The van der Waals surface area contributed by atoms with Gasteiger partial charge in [-0.05, 0) is 48.5 Å². The molecule has 0 spiro atoms. The molecular formula is C21H15ClN4O2. The predicted molar refractivity (Wildman–Crippen MR) is 108 cm³/mol. The molecule has 1 heterocycles. The average molecular weight is 391 g/mol. The lowest BCUT2D eigenvalue weighted by atomic mass is 10.2. The van der Waals surface area contributed by atoms with E-state index in [4.69, 9.17) is 16.3 Å². The van der Waals surface area contributed by atoms with Crippen molar-refractivity contribution in [2.75, 3.05) is 10.6 Å². The van der Waals surface area contributed by atoms with Gasteiger partial charge in [0.1, 0.15) is 29.0 Å². The van der Waals surface area contributed by atoms with Crippen LogP contribution >= 0.6 is 11.6 Å². The molecule has 6 nitrogen and oxygen atoms in total. The topological polar surface area (TPSA) is 87.0 Å². The quantitative estimate of drug-likeness (QED) is 0.457. The number of benzene rings is 2. The number of hydrogen-bond donors (Lipinski definition) is 2. The summed E-state index contributed by atoms with van der Waals surface area (Å²) < 4.78 is 5.70. The maximum absolute atomic E-state index is 12.3. The number of nitriles is 1. The fraction of sp³-hybridized carbons (Fsp3) is 0. The molecule has 2 N–H and O–H groups in total. The molecular weight excluding hydrogens is 376 g/mol. The summed E-state index contributed by atoms with van der Waals surface area (Å²) in [6.45, 7) is 0. The van der Waals surface area contributed by atoms with E-state index in [1.165, 1.54) is 12.4 Å². The smallest absolute Gasteiger partial charge is 0.267 e. The van der Waals surface area contributed by atoms with Gasteiger partial charge in [0, 0.05) is 18.1 Å². The first-order valence-electron chi connectivity index (χ1n) is 8.27. The lowest BCUT2D eigenvalue weighted by molar-refractivity contribution is -0.112. The fourth-order valence-electron chi connectivity index (χ4n) is 2.19. The Kier molecular flexibility index (Phi) is 6.24. The molecule has 0 unspecified atom stereocenters. The van der Waals surface area contributed by atoms with Crippen LogP contribution in [0.3, 0.4) is 0 Å². The van der Waals surface area contributed by atoms with Crippen LogP contribution in [0.5, 0.6) is 11.5 Å². The maximum Gasteiger partial charge on any atom is 0.267 e. The van der Waals surface area contributed by atoms with Crippen LogP contribution in [0, 0.1) is 11.3 Å². The van der Waals surface area contributed by atoms with Gasteiger partial charge >= 0.3 is 0 Å². The molecule has 28 heavy (non-hydrogen) atoms. The van der Waals surface area contributed by atoms with Gasteiger partial charge in [-0.2, -0.15) is 5.26 Å². The van der Waals surface area contributed by atoms with E-state index in [1.54, 1.807) is 36.4 Å². The molecule has 1 aromatic heterocycles. The molecule has 3 aromatic rings. The van der Waals surface area contributed by atoms with Crippen molar-refractivity contribution in [3.8, 4) is 17.6 Å². The second-order valence-corrected chi connectivity index (χ2v) is 6.01. The molecule has 3 rings (SSSR count). The molecule has 1 amide bonds. The summed E-state index contributed by atoms with van der Waals surface area (Å²) in [5.74, 6) is 1.28. The third-order valence-electron chi connectivity index (χ3n) is 3.55. The second-order valence-electron chi connectivity index (χ2n) is 5.57. The van der Waals surface area contributed by atoms with Crippen LogP contribution in [0.1, 0.15) is 0 Å². The highest BCUT2D eigenvalue weighted by Gasteiger charge is 2.09. The number of carbonyl (C=O) groups is 1. The number of pyridine rings is 1. The Morgan fingerprint density at radius 3 is 2.39 bits per heavy atom. The number of rotatable bonds is 6. The lowest BCUT2D eigenvalue weighted by Gasteiger charge is -2.08. The highest BCUT2D eigenvalue weighted by molar-refractivity contribution is 6.30. The van der Waals surface area contributed by atoms with Crippen molar-refractivity contribution in [2.24, 2.45) is 0 Å². The van der Waals surface area contributed by atoms with Crippen molar-refractivity contribution in [3.63, 3.8) is 0 Å². The minimum atomic E-state index is -0.541. The molecule has 0 aliphatic carbocycles. The highest BCUT2D eigenvalue weighted by Crippen LogP contribution is 2.22. The number of anilines is 2. The Hall–Kier alpha value is -3.82. The van der Waals surface area contributed by atoms with Crippen molar-refractivity contribution in [2.45, 2.75) is 0 Å². The van der Waals surface area contributed by atoms with Crippen LogP contribution < -0.4 is 15.4 Å². The number of para-hydroxylation sites is 1. The average Bonchev–Trinajstić information content (AvgIpc) is 2.72. The van der Waals surface area contributed by atoms with Crippen molar-refractivity contribution in [3.05, 3.63) is 89.7 Å². The summed E-state index contributed by atoms with van der Waals surface area (Å²) in [5, 5.41) is 15.2. The predicted octanol–water partition coefficient (Wildman–Crippen LogP) is 4.99. The minimum absolute atomic E-state index is 0.0960. The van der Waals surface area contributed by atoms with Crippen LogP contribution in [0.4, 0.5) is 11.5 Å². The van der Waals surface area contributed by atoms with E-state index >= 15 is 0 Å². The molecule has 0 bridgehead atoms. The minimum Gasteiger partial charge on any atom is -0.457 e. The SMILES string of the molecule is N#C/C(=C/Nc1ccc(Cl)cn1)C(=O)Nc1ccc(Oc2ccccc2)cc1. The van der Waals surface area contributed by atoms with Gasteiger partial charge < -0.3 is 15.4 Å². The van der Waals surface area contributed by atoms with Crippen molar-refractivity contribution in [1.29, 1.82) is 5.26 Å². The number of nitrogens with one attached hydrogen (secondary N) is 2. The third-order valence-corrected chi connectivity index (χ3v) is 3.77. The number of hydrogen-bond acceptors (Lipinski definition) is 5. The Bertz CT molecular complexity index is 1010. The van der Waals surface area contributed by atoms with E-state index in [2.05, 4.69) is 15.6 Å². The first kappa shape index (κ1) is 19.0. The van der Waals surface area contributed by atoms with Gasteiger partial charge in [-0.25, -0.2) is 4.98 Å². The zero-order chi connectivity index (χ0) is 19.8. The van der Waals surface area contributed by atoms with E-state index in [0.29, 0.717) is 22.3 Å². The number of nitrogens with zero attached hydrogens (tertiary/aromatic N) is 2. The zero-order valence-electron chi connectivity index (χ0n) is 14.6. The van der Waals surface area contributed by atoms with Gasteiger partial charge in [0.2, 0.25) is 0 Å². The number of carbonyl (C=O) groups excluding carboxylic acids is 1. The van der Waals surface area contributed by atoms with Gasteiger partial charge in [-0.15, -0.1) is 0 Å². The summed E-state index contributed by atoms with van der Waals surface area (Å²) in [6.07, 6.45) is 2.75. The molecule has 0 fully saturated rings. The molecule has 0 radical (unpaired) electrons. The molecule has 138 valence electrons. The van der Waals surface area contributed by atoms with Crippen molar-refractivity contribution < 1.29 is 9.53 Å². The van der Waals surface area contributed by atoms with E-state index in [9.17, 15) is 10.1 Å². The van der Waals surface area contributed by atoms with Crippen molar-refractivity contribution in [1.82, 2.24) is 4.98 Å². The molecule has 0 saturated carbocycles. The molecule has 7 heteroatoms. The normalized spacial score (nSPS) is 10.6. The Balaban J connectivity index is 1.61. The lowest BCUT2D eigenvalue weighted by Crippen LogP contribution is -2.14. The molecule has 2 aromatic carbocycles. The molecule has 0 aliphatic heterocycles. The van der Waals surface area contributed by atoms with Gasteiger partial charge in [-0.1, -0.05) is 29.8 Å². The number of halogens is 1. The van der Waals surface area contributed by atoms with Crippen LogP contribution in [0.2, 0.25) is 5.02 Å². The van der Waals surface area contributed by atoms with Gasteiger partial charge in [0.05, 0.1) is 5.02 Å². The Morgan fingerprint density at radius 1 is 1.04 bits per heavy atom. The van der Waals surface area contributed by atoms with Gasteiger partial charge in [0.25, 0.3) is 5.91 Å². The monoisotopic (exact) mass is 390 g/mol. The first-order chi connectivity index (χ1) is 13.6. The van der Waals surface area contributed by atoms with Crippen LogP contribution in [0.25, 0.3) is 0 Å². The number of ether oxygens (including phenoxy) is 1. The Labute approximate surface area is 167 Å². The van der Waals surface area contributed by atoms with Crippen LogP contribution in [-0.2, 0) is 4.79 Å².